The van der Waals surface area contributed by atoms with Gasteiger partial charge in [0.25, 0.3) is 0 Å². The fraction of sp³-hybridized carbons (Fsp3) is 0.917. The van der Waals surface area contributed by atoms with Crippen molar-refractivity contribution in [3.63, 3.8) is 0 Å². The number of carbonyl (C=O) groups is 2. The summed E-state index contributed by atoms with van der Waals surface area (Å²) in [6.45, 7) is 5.10. The van der Waals surface area contributed by atoms with Gasteiger partial charge in [0.15, 0.2) is 0 Å². The Morgan fingerprint density at radius 2 is 0.679 bits per heavy atom. The second kappa shape index (κ2) is 22.2. The van der Waals surface area contributed by atoms with E-state index in [0.717, 1.165) is 25.7 Å². The lowest BCUT2D eigenvalue weighted by molar-refractivity contribution is -0.167. The van der Waals surface area contributed by atoms with Crippen LogP contribution in [0, 0.1) is 0 Å². The lowest BCUT2D eigenvalue weighted by Gasteiger charge is -2.06. The number of rotatable bonds is 20. The van der Waals surface area contributed by atoms with E-state index in [2.05, 4.69) is 13.8 Å². The third-order valence-corrected chi connectivity index (χ3v) is 5.13. The molecule has 0 aromatic rings. The van der Waals surface area contributed by atoms with Gasteiger partial charge in [-0.05, 0) is 12.8 Å². The molecule has 4 heteroatoms. The molecule has 0 heterocycles. The second-order valence-electron chi connectivity index (χ2n) is 7.93. The van der Waals surface area contributed by atoms with E-state index < -0.39 is 11.9 Å². The number of unbranched alkanes of at least 4 members (excludes halogenated alkanes) is 16. The van der Waals surface area contributed by atoms with Crippen molar-refractivity contribution in [3.8, 4) is 0 Å². The van der Waals surface area contributed by atoms with Crippen molar-refractivity contribution in [1.82, 2.24) is 0 Å². The predicted octanol–water partition coefficient (Wildman–Crippen LogP) is 7.13. The number of ether oxygens (including phenoxy) is 2. The van der Waals surface area contributed by atoms with Gasteiger partial charge >= 0.3 is 11.9 Å². The topological polar surface area (TPSA) is 52.6 Å². The fourth-order valence-corrected chi connectivity index (χ4v) is 3.27. The van der Waals surface area contributed by atoms with E-state index in [9.17, 15) is 9.59 Å². The first-order valence-electron chi connectivity index (χ1n) is 12.1. The molecule has 0 aromatic heterocycles. The van der Waals surface area contributed by atoms with Crippen LogP contribution < -0.4 is 0 Å². The molecule has 0 unspecified atom stereocenters. The lowest BCUT2D eigenvalue weighted by Crippen LogP contribution is -2.21. The zero-order valence-electron chi connectivity index (χ0n) is 18.8. The van der Waals surface area contributed by atoms with E-state index in [1.54, 1.807) is 0 Å². The Hall–Kier alpha value is -1.06. The summed E-state index contributed by atoms with van der Waals surface area (Å²) in [6.07, 6.45) is 21.8. The molecule has 0 rings (SSSR count). The molecule has 0 spiro atoms. The predicted molar refractivity (Wildman–Crippen MR) is 116 cm³/mol. The van der Waals surface area contributed by atoms with Gasteiger partial charge in [0.2, 0.25) is 0 Å². The van der Waals surface area contributed by atoms with Gasteiger partial charge in [0.05, 0.1) is 13.2 Å². The van der Waals surface area contributed by atoms with Crippen LogP contribution >= 0.6 is 0 Å². The van der Waals surface area contributed by atoms with Crippen molar-refractivity contribution in [3.05, 3.63) is 0 Å². The quantitative estimate of drug-likeness (QED) is 0.124. The number of esters is 2. The molecule has 0 aliphatic heterocycles. The largest absolute Gasteiger partial charge is 0.457 e. The Morgan fingerprint density at radius 3 is 0.964 bits per heavy atom. The van der Waals surface area contributed by atoms with Crippen LogP contribution in [0.2, 0.25) is 0 Å². The van der Waals surface area contributed by atoms with Crippen LogP contribution in [0.1, 0.15) is 129 Å². The average molecular weight is 399 g/mol. The molecule has 4 nitrogen and oxygen atoms in total. The lowest BCUT2D eigenvalue weighted by atomic mass is 10.1. The number of hydrogen-bond acceptors (Lipinski definition) is 4. The van der Waals surface area contributed by atoms with E-state index in [-0.39, 0.29) is 0 Å². The molecule has 28 heavy (non-hydrogen) atoms. The van der Waals surface area contributed by atoms with Gasteiger partial charge in [0, 0.05) is 0 Å². The van der Waals surface area contributed by atoms with Crippen LogP contribution in [-0.2, 0) is 19.1 Å². The molecule has 0 aliphatic rings. The molecule has 0 radical (unpaired) electrons. The van der Waals surface area contributed by atoms with Gasteiger partial charge in [-0.1, -0.05) is 117 Å². The minimum absolute atomic E-state index is 0.321. The summed E-state index contributed by atoms with van der Waals surface area (Å²) in [5, 5.41) is 0. The van der Waals surface area contributed by atoms with Crippen molar-refractivity contribution in [2.75, 3.05) is 13.2 Å². The van der Waals surface area contributed by atoms with E-state index in [1.165, 1.54) is 89.9 Å². The van der Waals surface area contributed by atoms with Crippen LogP contribution in [0.15, 0.2) is 0 Å². The zero-order valence-corrected chi connectivity index (χ0v) is 18.8. The molecule has 0 aliphatic carbocycles. The third-order valence-electron chi connectivity index (χ3n) is 5.13. The van der Waals surface area contributed by atoms with Crippen LogP contribution in [0.25, 0.3) is 0 Å². The monoisotopic (exact) mass is 398 g/mol. The van der Waals surface area contributed by atoms with Gasteiger partial charge in [-0.25, -0.2) is 9.59 Å². The molecule has 0 amide bonds. The first-order valence-corrected chi connectivity index (χ1v) is 12.1. The number of carbonyl (C=O) groups excluding carboxylic acids is 2. The Kier molecular flexibility index (Phi) is 21.4. The van der Waals surface area contributed by atoms with Crippen molar-refractivity contribution < 1.29 is 19.1 Å². The highest BCUT2D eigenvalue weighted by molar-refractivity contribution is 6.29. The van der Waals surface area contributed by atoms with Gasteiger partial charge in [-0.3, -0.25) is 0 Å². The molecule has 0 saturated heterocycles. The highest BCUT2D eigenvalue weighted by Crippen LogP contribution is 2.10. The number of hydrogen-bond donors (Lipinski definition) is 0. The Labute approximate surface area is 174 Å². The molecule has 0 atom stereocenters. The van der Waals surface area contributed by atoms with Crippen molar-refractivity contribution >= 4 is 11.9 Å². The summed E-state index contributed by atoms with van der Waals surface area (Å²) in [5.41, 5.74) is 0. The molecular formula is C24H46O4. The molecular weight excluding hydrogens is 352 g/mol. The van der Waals surface area contributed by atoms with Gasteiger partial charge in [-0.15, -0.1) is 0 Å². The molecule has 0 saturated carbocycles. The maximum absolute atomic E-state index is 11.6. The smallest absolute Gasteiger partial charge is 0.417 e. The van der Waals surface area contributed by atoms with E-state index in [4.69, 9.17) is 9.47 Å². The first-order chi connectivity index (χ1) is 13.7. The molecule has 0 bridgehead atoms. The highest BCUT2D eigenvalue weighted by Gasteiger charge is 2.16. The summed E-state index contributed by atoms with van der Waals surface area (Å²) in [5.74, 6) is -1.68. The minimum Gasteiger partial charge on any atom is -0.457 e. The average Bonchev–Trinajstić information content (AvgIpc) is 2.70. The second-order valence-corrected chi connectivity index (χ2v) is 7.93. The normalized spacial score (nSPS) is 10.8. The van der Waals surface area contributed by atoms with Gasteiger partial charge < -0.3 is 9.47 Å². The SMILES string of the molecule is CCCCCCCCCCCOC(=O)C(=O)OCCCCCCCCCCC. The molecule has 0 N–H and O–H groups in total. The molecule has 0 fully saturated rings. The fourth-order valence-electron chi connectivity index (χ4n) is 3.27. The van der Waals surface area contributed by atoms with Crippen LogP contribution in [-0.4, -0.2) is 25.2 Å². The Balaban J connectivity index is 3.33. The van der Waals surface area contributed by atoms with Crippen molar-refractivity contribution in [2.24, 2.45) is 0 Å². The van der Waals surface area contributed by atoms with Crippen LogP contribution in [0.5, 0.6) is 0 Å². The molecule has 166 valence electrons. The summed E-state index contributed by atoms with van der Waals surface area (Å²) >= 11 is 0. The summed E-state index contributed by atoms with van der Waals surface area (Å²) in [6, 6.07) is 0. The van der Waals surface area contributed by atoms with Crippen LogP contribution in [0.3, 0.4) is 0 Å². The van der Waals surface area contributed by atoms with E-state index in [1.807, 2.05) is 0 Å². The first kappa shape index (κ1) is 26.9. The minimum atomic E-state index is -0.838. The van der Waals surface area contributed by atoms with Crippen molar-refractivity contribution in [2.45, 2.75) is 129 Å². The molecule has 0 aromatic carbocycles. The zero-order chi connectivity index (χ0) is 20.7. The van der Waals surface area contributed by atoms with Gasteiger partial charge in [-0.2, -0.15) is 0 Å². The maximum Gasteiger partial charge on any atom is 0.417 e. The third kappa shape index (κ3) is 19.7. The van der Waals surface area contributed by atoms with E-state index in [0.29, 0.717) is 13.2 Å². The summed E-state index contributed by atoms with van der Waals surface area (Å²) in [4.78, 5) is 23.1. The Bertz CT molecular complexity index is 321. The highest BCUT2D eigenvalue weighted by atomic mass is 16.6. The summed E-state index contributed by atoms with van der Waals surface area (Å²) < 4.78 is 9.98. The standard InChI is InChI=1S/C24H46O4/c1-3-5-7-9-11-13-15-17-19-21-27-23(25)24(26)28-22-20-18-16-14-12-10-8-6-4-2/h3-22H2,1-2H3. The maximum atomic E-state index is 11.6. The van der Waals surface area contributed by atoms with Crippen LogP contribution in [0.4, 0.5) is 0 Å². The Morgan fingerprint density at radius 1 is 0.429 bits per heavy atom. The van der Waals surface area contributed by atoms with E-state index >= 15 is 0 Å². The van der Waals surface area contributed by atoms with Gasteiger partial charge in [0.1, 0.15) is 0 Å². The summed E-state index contributed by atoms with van der Waals surface area (Å²) in [7, 11) is 0. The van der Waals surface area contributed by atoms with Crippen molar-refractivity contribution in [1.29, 1.82) is 0 Å².